The number of hydrogen-bond acceptors (Lipinski definition) is 2. The molecule has 0 aromatic carbocycles. The average Bonchev–Trinajstić information content (AvgIpc) is 2.00. The molecule has 0 fully saturated rings. The van der Waals surface area contributed by atoms with Crippen LogP contribution in [0.15, 0.2) is 0 Å². The van der Waals surface area contributed by atoms with Crippen LogP contribution in [0.5, 0.6) is 0 Å². The molecule has 0 saturated heterocycles. The van der Waals surface area contributed by atoms with Crippen LogP contribution in [0.3, 0.4) is 0 Å². The van der Waals surface area contributed by atoms with E-state index in [1.807, 2.05) is 20.8 Å². The molecule has 0 aromatic rings. The molecule has 4 heteroatoms. The maximum absolute atomic E-state index is 10.8. The van der Waals surface area contributed by atoms with Gasteiger partial charge in [-0.15, -0.1) is 0 Å². The quantitative estimate of drug-likeness (QED) is 0.741. The van der Waals surface area contributed by atoms with Gasteiger partial charge in [-0.05, 0) is 17.3 Å². The van der Waals surface area contributed by atoms with Crippen molar-refractivity contribution in [1.82, 2.24) is 0 Å². The van der Waals surface area contributed by atoms with Crippen molar-refractivity contribution >= 4 is 8.25 Å². The van der Waals surface area contributed by atoms with Gasteiger partial charge < -0.3 is 9.42 Å². The standard InChI is InChI=1S/C11H25O3P/c1-7-11(5,6)8-9(10(2,3)4)14-15(12)13/h9,15H,7-8H2,1-6H3,(H,12,13). The lowest BCUT2D eigenvalue weighted by Gasteiger charge is -2.35. The first-order chi connectivity index (χ1) is 6.58. The molecule has 0 spiro atoms. The summed E-state index contributed by atoms with van der Waals surface area (Å²) in [6.07, 6.45) is 1.68. The van der Waals surface area contributed by atoms with Crippen molar-refractivity contribution in [2.45, 2.75) is 60.5 Å². The van der Waals surface area contributed by atoms with Crippen molar-refractivity contribution in [1.29, 1.82) is 0 Å². The van der Waals surface area contributed by atoms with E-state index in [-0.39, 0.29) is 16.9 Å². The van der Waals surface area contributed by atoms with Crippen molar-refractivity contribution in [3.63, 3.8) is 0 Å². The minimum atomic E-state index is -2.85. The van der Waals surface area contributed by atoms with E-state index in [4.69, 9.17) is 9.42 Å². The lowest BCUT2D eigenvalue weighted by molar-refractivity contribution is 0.0416. The highest BCUT2D eigenvalue weighted by molar-refractivity contribution is 7.32. The summed E-state index contributed by atoms with van der Waals surface area (Å²) in [6, 6.07) is 0. The zero-order valence-electron chi connectivity index (χ0n) is 10.8. The van der Waals surface area contributed by atoms with Crippen molar-refractivity contribution in [2.75, 3.05) is 0 Å². The summed E-state index contributed by atoms with van der Waals surface area (Å²) in [6.45, 7) is 12.5. The minimum Gasteiger partial charge on any atom is -0.326 e. The van der Waals surface area contributed by atoms with Crippen LogP contribution in [0.1, 0.15) is 54.4 Å². The van der Waals surface area contributed by atoms with Gasteiger partial charge >= 0.3 is 8.25 Å². The fourth-order valence-corrected chi connectivity index (χ4v) is 1.97. The Kier molecular flexibility index (Phi) is 5.52. The molecule has 1 N–H and O–H groups in total. The Hall–Kier alpha value is 0.150. The fraction of sp³-hybridized carbons (Fsp3) is 1.00. The zero-order chi connectivity index (χ0) is 12.3. The Balaban J connectivity index is 4.59. The topological polar surface area (TPSA) is 46.5 Å². The van der Waals surface area contributed by atoms with Gasteiger partial charge in [0.1, 0.15) is 0 Å². The SMILES string of the molecule is CCC(C)(C)CC(O[PH](=O)O)C(C)(C)C. The zero-order valence-corrected chi connectivity index (χ0v) is 11.8. The van der Waals surface area contributed by atoms with E-state index in [9.17, 15) is 4.57 Å². The molecular formula is C11H25O3P. The summed E-state index contributed by atoms with van der Waals surface area (Å²) in [5.74, 6) is 0. The van der Waals surface area contributed by atoms with Gasteiger partial charge in [0.05, 0.1) is 6.10 Å². The second-order valence-corrected chi connectivity index (χ2v) is 6.73. The Morgan fingerprint density at radius 2 is 1.73 bits per heavy atom. The van der Waals surface area contributed by atoms with Crippen molar-refractivity contribution in [3.8, 4) is 0 Å². The number of hydrogen-bond donors (Lipinski definition) is 1. The molecule has 2 atom stereocenters. The van der Waals surface area contributed by atoms with Gasteiger partial charge in [-0.25, -0.2) is 0 Å². The summed E-state index contributed by atoms with van der Waals surface area (Å²) < 4.78 is 15.9. The predicted octanol–water partition coefficient (Wildman–Crippen LogP) is 3.63. The molecule has 0 radical (unpaired) electrons. The molecule has 0 aliphatic rings. The molecule has 92 valence electrons. The van der Waals surface area contributed by atoms with E-state index < -0.39 is 8.25 Å². The molecule has 3 nitrogen and oxygen atoms in total. The van der Waals surface area contributed by atoms with Crippen LogP contribution >= 0.6 is 8.25 Å². The van der Waals surface area contributed by atoms with Gasteiger partial charge in [-0.2, -0.15) is 0 Å². The van der Waals surface area contributed by atoms with E-state index in [2.05, 4.69) is 20.8 Å². The molecule has 0 aliphatic heterocycles. The van der Waals surface area contributed by atoms with Gasteiger partial charge in [-0.3, -0.25) is 4.57 Å². The molecule has 0 amide bonds. The van der Waals surface area contributed by atoms with Crippen LogP contribution in [-0.2, 0) is 9.09 Å². The third-order valence-electron chi connectivity index (χ3n) is 2.90. The normalized spacial score (nSPS) is 17.5. The summed E-state index contributed by atoms with van der Waals surface area (Å²) in [4.78, 5) is 8.88. The highest BCUT2D eigenvalue weighted by atomic mass is 31.1. The third kappa shape index (κ3) is 6.34. The van der Waals surface area contributed by atoms with Crippen molar-refractivity contribution in [3.05, 3.63) is 0 Å². The van der Waals surface area contributed by atoms with Crippen LogP contribution in [0.2, 0.25) is 0 Å². The van der Waals surface area contributed by atoms with Gasteiger partial charge in [-0.1, -0.05) is 48.0 Å². The molecule has 0 aliphatic carbocycles. The molecular weight excluding hydrogens is 211 g/mol. The van der Waals surface area contributed by atoms with Crippen LogP contribution in [-0.4, -0.2) is 11.0 Å². The molecule has 0 heterocycles. The van der Waals surface area contributed by atoms with Gasteiger partial charge in [0.2, 0.25) is 0 Å². The van der Waals surface area contributed by atoms with Crippen LogP contribution in [0.4, 0.5) is 0 Å². The smallest absolute Gasteiger partial charge is 0.316 e. The van der Waals surface area contributed by atoms with Crippen molar-refractivity contribution < 1.29 is 14.0 Å². The first-order valence-corrected chi connectivity index (χ1v) is 6.74. The maximum atomic E-state index is 10.8. The minimum absolute atomic E-state index is 0.102. The van der Waals surface area contributed by atoms with E-state index in [0.29, 0.717) is 0 Å². The lowest BCUT2D eigenvalue weighted by atomic mass is 9.76. The highest BCUT2D eigenvalue weighted by Crippen LogP contribution is 2.38. The van der Waals surface area contributed by atoms with Crippen LogP contribution in [0.25, 0.3) is 0 Å². The second kappa shape index (κ2) is 5.47. The largest absolute Gasteiger partial charge is 0.326 e. The van der Waals surface area contributed by atoms with Gasteiger partial charge in [0, 0.05) is 0 Å². The Morgan fingerprint density at radius 1 is 1.27 bits per heavy atom. The molecule has 0 bridgehead atoms. The molecule has 15 heavy (non-hydrogen) atoms. The Bertz CT molecular complexity index is 218. The lowest BCUT2D eigenvalue weighted by Crippen LogP contribution is -2.32. The predicted molar refractivity (Wildman–Crippen MR) is 64.2 cm³/mol. The Labute approximate surface area is 94.2 Å². The maximum Gasteiger partial charge on any atom is 0.316 e. The average molecular weight is 236 g/mol. The van der Waals surface area contributed by atoms with Crippen LogP contribution in [0, 0.1) is 10.8 Å². The second-order valence-electron chi connectivity index (χ2n) is 5.96. The monoisotopic (exact) mass is 236 g/mol. The molecule has 2 unspecified atom stereocenters. The number of rotatable bonds is 5. The van der Waals surface area contributed by atoms with E-state index in [1.54, 1.807) is 0 Å². The van der Waals surface area contributed by atoms with Crippen molar-refractivity contribution in [2.24, 2.45) is 10.8 Å². The van der Waals surface area contributed by atoms with Crippen LogP contribution < -0.4 is 0 Å². The third-order valence-corrected chi connectivity index (χ3v) is 3.39. The highest BCUT2D eigenvalue weighted by Gasteiger charge is 2.32. The summed E-state index contributed by atoms with van der Waals surface area (Å²) in [5, 5.41) is 0. The van der Waals surface area contributed by atoms with E-state index in [0.717, 1.165) is 12.8 Å². The molecule has 0 rings (SSSR count). The van der Waals surface area contributed by atoms with E-state index >= 15 is 0 Å². The van der Waals surface area contributed by atoms with Gasteiger partial charge in [0.15, 0.2) is 0 Å². The Morgan fingerprint density at radius 3 is 2.00 bits per heavy atom. The summed E-state index contributed by atoms with van der Waals surface area (Å²) in [5.41, 5.74) is 0.0464. The fourth-order valence-electron chi connectivity index (χ4n) is 1.29. The molecule has 0 aromatic heterocycles. The summed E-state index contributed by atoms with van der Waals surface area (Å²) >= 11 is 0. The molecule has 0 saturated carbocycles. The van der Waals surface area contributed by atoms with E-state index in [1.165, 1.54) is 0 Å². The van der Waals surface area contributed by atoms with Gasteiger partial charge in [0.25, 0.3) is 0 Å². The summed E-state index contributed by atoms with van der Waals surface area (Å²) in [7, 11) is -2.85. The first kappa shape index (κ1) is 15.2. The first-order valence-electron chi connectivity index (χ1n) is 5.48.